The van der Waals surface area contributed by atoms with Gasteiger partial charge in [-0.25, -0.2) is 0 Å². The first-order valence-electron chi connectivity index (χ1n) is 7.82. The largest absolute Gasteiger partial charge is 0.394 e. The first kappa shape index (κ1) is 17.4. The summed E-state index contributed by atoms with van der Waals surface area (Å²) < 4.78 is 12.6. The van der Waals surface area contributed by atoms with E-state index in [1.807, 2.05) is 0 Å². The fourth-order valence-corrected chi connectivity index (χ4v) is 5.39. The third kappa shape index (κ3) is 5.39. The van der Waals surface area contributed by atoms with Crippen LogP contribution in [-0.2, 0) is 14.9 Å². The molecule has 1 aromatic rings. The molecule has 0 spiro atoms. The van der Waals surface area contributed by atoms with Gasteiger partial charge in [-0.05, 0) is 30.4 Å². The Morgan fingerprint density at radius 2 is 1.65 bits per heavy atom. The fraction of sp³-hybridized carbons (Fsp3) is 0.647. The van der Waals surface area contributed by atoms with Gasteiger partial charge in [0.25, 0.3) is 0 Å². The molecular formula is C17H30O2Si. The van der Waals surface area contributed by atoms with E-state index in [2.05, 4.69) is 65.0 Å². The van der Waals surface area contributed by atoms with Gasteiger partial charge in [0.1, 0.15) is 0 Å². The molecule has 1 atom stereocenters. The standard InChI is InChI=1S/C17H30O2Si/c1-6-18-20(16(4)5,19-13-12-15(2)3)14-17-10-8-7-9-11-17/h7-11,15-16H,6,12-14H2,1-5H3. The Kier molecular flexibility index (Phi) is 7.49. The normalized spacial score (nSPS) is 14.8. The van der Waals surface area contributed by atoms with E-state index in [0.29, 0.717) is 11.5 Å². The van der Waals surface area contributed by atoms with Crippen molar-refractivity contribution in [2.45, 2.75) is 52.6 Å². The number of benzene rings is 1. The fourth-order valence-electron chi connectivity index (χ4n) is 2.27. The van der Waals surface area contributed by atoms with Crippen molar-refractivity contribution >= 4 is 8.56 Å². The molecular weight excluding hydrogens is 264 g/mol. The van der Waals surface area contributed by atoms with Gasteiger partial charge < -0.3 is 8.85 Å². The van der Waals surface area contributed by atoms with Gasteiger partial charge >= 0.3 is 8.56 Å². The molecule has 20 heavy (non-hydrogen) atoms. The van der Waals surface area contributed by atoms with Crippen LogP contribution in [0.1, 0.15) is 46.6 Å². The molecule has 1 aromatic carbocycles. The van der Waals surface area contributed by atoms with Crippen LogP contribution in [0.15, 0.2) is 30.3 Å². The summed E-state index contributed by atoms with van der Waals surface area (Å²) in [6.07, 6.45) is 1.10. The number of rotatable bonds is 9. The maximum Gasteiger partial charge on any atom is 0.345 e. The third-order valence-corrected chi connectivity index (χ3v) is 7.73. The summed E-state index contributed by atoms with van der Waals surface area (Å²) in [5.74, 6) is 0.673. The Morgan fingerprint density at radius 3 is 2.15 bits per heavy atom. The van der Waals surface area contributed by atoms with Crippen LogP contribution in [0.4, 0.5) is 0 Å². The molecule has 0 aliphatic heterocycles. The van der Waals surface area contributed by atoms with E-state index in [1.54, 1.807) is 0 Å². The molecule has 1 unspecified atom stereocenters. The van der Waals surface area contributed by atoms with Gasteiger partial charge in [-0.1, -0.05) is 58.0 Å². The summed E-state index contributed by atoms with van der Waals surface area (Å²) in [7, 11) is -2.18. The highest BCUT2D eigenvalue weighted by molar-refractivity contribution is 6.68. The molecule has 0 saturated heterocycles. The lowest BCUT2D eigenvalue weighted by atomic mass is 10.2. The number of hydrogen-bond acceptors (Lipinski definition) is 2. The zero-order valence-corrected chi connectivity index (χ0v) is 14.7. The molecule has 2 nitrogen and oxygen atoms in total. The third-order valence-electron chi connectivity index (χ3n) is 3.60. The Labute approximate surface area is 125 Å². The van der Waals surface area contributed by atoms with Gasteiger partial charge in [0.2, 0.25) is 0 Å². The lowest BCUT2D eigenvalue weighted by Gasteiger charge is -2.34. The molecule has 114 valence electrons. The first-order chi connectivity index (χ1) is 9.50. The summed E-state index contributed by atoms with van der Waals surface area (Å²) in [6, 6.07) is 11.5. The minimum Gasteiger partial charge on any atom is -0.394 e. The molecule has 1 rings (SSSR count). The van der Waals surface area contributed by atoms with Crippen molar-refractivity contribution in [2.24, 2.45) is 5.92 Å². The van der Waals surface area contributed by atoms with Crippen molar-refractivity contribution in [1.29, 1.82) is 0 Å². The van der Waals surface area contributed by atoms with Gasteiger partial charge in [0.15, 0.2) is 0 Å². The summed E-state index contributed by atoms with van der Waals surface area (Å²) in [5.41, 5.74) is 1.78. The summed E-state index contributed by atoms with van der Waals surface area (Å²) in [5, 5.41) is 0. The minimum absolute atomic E-state index is 0.454. The van der Waals surface area contributed by atoms with Gasteiger partial charge in [0, 0.05) is 19.3 Å². The quantitative estimate of drug-likeness (QED) is 0.614. The van der Waals surface area contributed by atoms with Gasteiger partial charge in [-0.15, -0.1) is 0 Å². The van der Waals surface area contributed by atoms with E-state index in [-0.39, 0.29) is 0 Å². The number of hydrogen-bond donors (Lipinski definition) is 0. The smallest absolute Gasteiger partial charge is 0.345 e. The van der Waals surface area contributed by atoms with Gasteiger partial charge in [0.05, 0.1) is 0 Å². The van der Waals surface area contributed by atoms with E-state index < -0.39 is 8.56 Å². The predicted molar refractivity (Wildman–Crippen MR) is 88.0 cm³/mol. The van der Waals surface area contributed by atoms with Crippen LogP contribution < -0.4 is 0 Å². The second-order valence-corrected chi connectivity index (χ2v) is 9.80. The van der Waals surface area contributed by atoms with Crippen molar-refractivity contribution in [2.75, 3.05) is 13.2 Å². The van der Waals surface area contributed by atoms with Crippen molar-refractivity contribution in [1.82, 2.24) is 0 Å². The maximum absolute atomic E-state index is 6.36. The van der Waals surface area contributed by atoms with Crippen LogP contribution >= 0.6 is 0 Å². The van der Waals surface area contributed by atoms with Crippen LogP contribution in [-0.4, -0.2) is 21.8 Å². The molecule has 0 amide bonds. The molecule has 0 radical (unpaired) electrons. The van der Waals surface area contributed by atoms with Crippen LogP contribution in [0.3, 0.4) is 0 Å². The highest BCUT2D eigenvalue weighted by Crippen LogP contribution is 2.28. The zero-order valence-electron chi connectivity index (χ0n) is 13.7. The zero-order chi connectivity index (χ0) is 15.0. The highest BCUT2D eigenvalue weighted by atomic mass is 28.4. The van der Waals surface area contributed by atoms with E-state index >= 15 is 0 Å². The molecule has 3 heteroatoms. The van der Waals surface area contributed by atoms with Crippen LogP contribution in [0.25, 0.3) is 0 Å². The van der Waals surface area contributed by atoms with E-state index in [0.717, 1.165) is 25.7 Å². The Morgan fingerprint density at radius 1 is 1.00 bits per heavy atom. The molecule has 0 fully saturated rings. The topological polar surface area (TPSA) is 18.5 Å². The molecule has 0 aliphatic rings. The monoisotopic (exact) mass is 294 g/mol. The van der Waals surface area contributed by atoms with E-state index in [9.17, 15) is 0 Å². The Balaban J connectivity index is 2.81. The van der Waals surface area contributed by atoms with E-state index in [4.69, 9.17) is 8.85 Å². The van der Waals surface area contributed by atoms with Crippen molar-refractivity contribution < 1.29 is 8.85 Å². The van der Waals surface area contributed by atoms with Crippen LogP contribution in [0.5, 0.6) is 0 Å². The summed E-state index contributed by atoms with van der Waals surface area (Å²) >= 11 is 0. The van der Waals surface area contributed by atoms with Gasteiger partial charge in [-0.2, -0.15) is 0 Å². The predicted octanol–water partition coefficient (Wildman–Crippen LogP) is 4.72. The van der Waals surface area contributed by atoms with E-state index in [1.165, 1.54) is 5.56 Å². The Bertz CT molecular complexity index is 365. The molecule has 0 saturated carbocycles. The minimum atomic E-state index is -2.18. The van der Waals surface area contributed by atoms with Crippen molar-refractivity contribution in [3.05, 3.63) is 35.9 Å². The molecule has 0 N–H and O–H groups in total. The average Bonchev–Trinajstić information content (AvgIpc) is 2.39. The van der Waals surface area contributed by atoms with Crippen molar-refractivity contribution in [3.8, 4) is 0 Å². The molecule has 0 heterocycles. The SMILES string of the molecule is CCO[Si](Cc1ccccc1)(OCCC(C)C)C(C)C. The molecule has 0 bridgehead atoms. The Hall–Kier alpha value is -0.643. The molecule has 0 aliphatic carbocycles. The lowest BCUT2D eigenvalue weighted by molar-refractivity contribution is 0.159. The molecule has 0 aromatic heterocycles. The van der Waals surface area contributed by atoms with Crippen LogP contribution in [0, 0.1) is 5.92 Å². The maximum atomic E-state index is 6.36. The second-order valence-electron chi connectivity index (χ2n) is 6.09. The van der Waals surface area contributed by atoms with Crippen LogP contribution in [0.2, 0.25) is 5.54 Å². The average molecular weight is 295 g/mol. The summed E-state index contributed by atoms with van der Waals surface area (Å²) in [6.45, 7) is 12.6. The second kappa shape index (κ2) is 8.60. The lowest BCUT2D eigenvalue weighted by Crippen LogP contribution is -2.48. The summed E-state index contributed by atoms with van der Waals surface area (Å²) in [4.78, 5) is 0. The van der Waals surface area contributed by atoms with Gasteiger partial charge in [-0.3, -0.25) is 0 Å². The highest BCUT2D eigenvalue weighted by Gasteiger charge is 2.41. The van der Waals surface area contributed by atoms with Crippen molar-refractivity contribution in [3.63, 3.8) is 0 Å². The first-order valence-corrected chi connectivity index (χ1v) is 9.92.